The van der Waals surface area contributed by atoms with Crippen LogP contribution in [0, 0.1) is 23.3 Å². The number of carbonyl (C=O) groups is 1. The largest absolute Gasteiger partial charge is 0.506 e. The van der Waals surface area contributed by atoms with Crippen LogP contribution in [-0.2, 0) is 9.53 Å². The number of halogens is 4. The van der Waals surface area contributed by atoms with E-state index in [-0.39, 0.29) is 18.4 Å². The molecule has 26 heavy (non-hydrogen) atoms. The van der Waals surface area contributed by atoms with E-state index >= 15 is 0 Å². The predicted molar refractivity (Wildman–Crippen MR) is 84.8 cm³/mol. The number of aliphatic hydroxyl groups is 1. The molecule has 0 amide bonds. The highest BCUT2D eigenvalue weighted by Gasteiger charge is 2.21. The van der Waals surface area contributed by atoms with Gasteiger partial charge in [0.2, 0.25) is 0 Å². The summed E-state index contributed by atoms with van der Waals surface area (Å²) in [5.74, 6) is -7.19. The molecule has 9 heteroatoms. The highest BCUT2D eigenvalue weighted by molar-refractivity contribution is 6.15. The van der Waals surface area contributed by atoms with Crippen molar-refractivity contribution in [3.8, 4) is 0 Å². The van der Waals surface area contributed by atoms with Crippen LogP contribution >= 0.6 is 0 Å². The van der Waals surface area contributed by atoms with E-state index in [9.17, 15) is 27.5 Å². The lowest BCUT2D eigenvalue weighted by molar-refractivity contribution is -0.137. The summed E-state index contributed by atoms with van der Waals surface area (Å²) >= 11 is 0. The number of aliphatic imine (C=N–C) groups is 1. The fourth-order valence-corrected chi connectivity index (χ4v) is 1.88. The van der Waals surface area contributed by atoms with Crippen LogP contribution in [0.1, 0.15) is 12.5 Å². The maximum absolute atomic E-state index is 13.9. The first-order valence-electron chi connectivity index (χ1n) is 7.24. The standard InChI is InChI=1S/C17H12F4N2O3/c1-2-26-17(25)10(7-23-15-3-4-22-8-14(15)21)16(24)9-5-12(19)13(20)6-11(9)18/h3-8,24H,2H2,1H3. The van der Waals surface area contributed by atoms with Gasteiger partial charge in [-0.1, -0.05) is 0 Å². The van der Waals surface area contributed by atoms with Gasteiger partial charge in [-0.05, 0) is 19.1 Å². The molecule has 1 N–H and O–H groups in total. The maximum atomic E-state index is 13.9. The van der Waals surface area contributed by atoms with Gasteiger partial charge in [0.05, 0.1) is 18.4 Å². The number of pyridine rings is 1. The second-order valence-corrected chi connectivity index (χ2v) is 4.81. The first kappa shape index (κ1) is 19.1. The van der Waals surface area contributed by atoms with Crippen LogP contribution in [0.4, 0.5) is 23.2 Å². The van der Waals surface area contributed by atoms with Crippen molar-refractivity contribution in [3.05, 3.63) is 65.0 Å². The van der Waals surface area contributed by atoms with Gasteiger partial charge < -0.3 is 9.84 Å². The molecule has 5 nitrogen and oxygen atoms in total. The Balaban J connectivity index is 2.56. The van der Waals surface area contributed by atoms with Crippen LogP contribution < -0.4 is 0 Å². The number of aliphatic hydroxyl groups excluding tert-OH is 1. The lowest BCUT2D eigenvalue weighted by atomic mass is 10.1. The van der Waals surface area contributed by atoms with Crippen LogP contribution in [0.15, 0.2) is 41.2 Å². The molecule has 0 saturated carbocycles. The van der Waals surface area contributed by atoms with Crippen molar-refractivity contribution in [3.63, 3.8) is 0 Å². The summed E-state index contributed by atoms with van der Waals surface area (Å²) in [4.78, 5) is 19.2. The minimum atomic E-state index is -1.47. The summed E-state index contributed by atoms with van der Waals surface area (Å²) in [6, 6.07) is 1.77. The van der Waals surface area contributed by atoms with E-state index in [1.165, 1.54) is 19.2 Å². The van der Waals surface area contributed by atoms with E-state index in [0.29, 0.717) is 6.07 Å². The fourth-order valence-electron chi connectivity index (χ4n) is 1.88. The Kier molecular flexibility index (Phi) is 6.05. The minimum absolute atomic E-state index is 0.0899. The van der Waals surface area contributed by atoms with Crippen LogP contribution in [0.25, 0.3) is 5.76 Å². The smallest absolute Gasteiger partial charge is 0.343 e. The summed E-state index contributed by atoms with van der Waals surface area (Å²) in [5, 5.41) is 10.2. The molecule has 0 unspecified atom stereocenters. The van der Waals surface area contributed by atoms with Crippen molar-refractivity contribution in [2.45, 2.75) is 6.92 Å². The van der Waals surface area contributed by atoms with Gasteiger partial charge in [0.25, 0.3) is 0 Å². The summed E-state index contributed by atoms with van der Waals surface area (Å²) in [5.41, 5.74) is -1.68. The molecule has 2 rings (SSSR count). The molecule has 0 aliphatic heterocycles. The molecule has 1 aromatic carbocycles. The Hall–Kier alpha value is -3.23. The molecule has 0 bridgehead atoms. The Morgan fingerprint density at radius 1 is 1.19 bits per heavy atom. The molecule has 0 aliphatic rings. The van der Waals surface area contributed by atoms with Gasteiger partial charge in [-0.2, -0.15) is 0 Å². The zero-order chi connectivity index (χ0) is 19.3. The molecular weight excluding hydrogens is 356 g/mol. The van der Waals surface area contributed by atoms with Crippen LogP contribution in [0.3, 0.4) is 0 Å². The van der Waals surface area contributed by atoms with E-state index in [4.69, 9.17) is 4.74 Å². The average Bonchev–Trinajstić information content (AvgIpc) is 2.60. The summed E-state index contributed by atoms with van der Waals surface area (Å²) in [6.07, 6.45) is 2.83. The molecule has 0 spiro atoms. The molecule has 0 radical (unpaired) electrons. The molecule has 1 heterocycles. The number of carbonyl (C=O) groups excluding carboxylic acids is 1. The van der Waals surface area contributed by atoms with Gasteiger partial charge in [0.15, 0.2) is 17.5 Å². The molecule has 0 aliphatic carbocycles. The number of aromatic nitrogens is 1. The zero-order valence-electron chi connectivity index (χ0n) is 13.3. The van der Waals surface area contributed by atoms with Crippen molar-refractivity contribution < 1.29 is 32.2 Å². The topological polar surface area (TPSA) is 71.8 Å². The molecule has 0 saturated heterocycles. The lowest BCUT2D eigenvalue weighted by Gasteiger charge is -2.08. The average molecular weight is 368 g/mol. The summed E-state index contributed by atoms with van der Waals surface area (Å²) in [7, 11) is 0. The number of hydrogen-bond acceptors (Lipinski definition) is 5. The first-order chi connectivity index (χ1) is 12.3. The molecule has 136 valence electrons. The number of ether oxygens (including phenoxy) is 1. The Bertz CT molecular complexity index is 898. The maximum Gasteiger partial charge on any atom is 0.343 e. The van der Waals surface area contributed by atoms with Crippen LogP contribution in [-0.4, -0.2) is 28.9 Å². The van der Waals surface area contributed by atoms with E-state index in [1.54, 1.807) is 0 Å². The number of hydrogen-bond donors (Lipinski definition) is 1. The molecule has 0 fully saturated rings. The molecular formula is C17H12F4N2O3. The summed E-state index contributed by atoms with van der Waals surface area (Å²) < 4.78 is 58.5. The number of rotatable bonds is 5. The third kappa shape index (κ3) is 4.24. The quantitative estimate of drug-likeness (QED) is 0.217. The van der Waals surface area contributed by atoms with E-state index in [1.807, 2.05) is 0 Å². The third-order valence-electron chi connectivity index (χ3n) is 3.10. The Morgan fingerprint density at radius 3 is 2.54 bits per heavy atom. The Morgan fingerprint density at radius 2 is 1.88 bits per heavy atom. The monoisotopic (exact) mass is 368 g/mol. The van der Waals surface area contributed by atoms with Crippen molar-refractivity contribution in [1.82, 2.24) is 4.98 Å². The highest BCUT2D eigenvalue weighted by Crippen LogP contribution is 2.23. The van der Waals surface area contributed by atoms with Crippen molar-refractivity contribution in [1.29, 1.82) is 0 Å². The van der Waals surface area contributed by atoms with Gasteiger partial charge in [0, 0.05) is 18.5 Å². The second kappa shape index (κ2) is 8.24. The van der Waals surface area contributed by atoms with E-state index in [0.717, 1.165) is 12.4 Å². The van der Waals surface area contributed by atoms with Crippen molar-refractivity contribution >= 4 is 23.6 Å². The van der Waals surface area contributed by atoms with Gasteiger partial charge in [0.1, 0.15) is 22.8 Å². The van der Waals surface area contributed by atoms with Crippen molar-refractivity contribution in [2.24, 2.45) is 4.99 Å². The zero-order valence-corrected chi connectivity index (χ0v) is 13.3. The number of nitrogens with zero attached hydrogens (tertiary/aromatic N) is 2. The molecule has 2 aromatic rings. The Labute approximate surface area is 145 Å². The highest BCUT2D eigenvalue weighted by atomic mass is 19.2. The minimum Gasteiger partial charge on any atom is -0.506 e. The fraction of sp³-hybridized carbons (Fsp3) is 0.118. The normalized spacial score (nSPS) is 12.2. The molecule has 0 atom stereocenters. The summed E-state index contributed by atoms with van der Waals surface area (Å²) in [6.45, 7) is 1.39. The molecule has 1 aromatic heterocycles. The van der Waals surface area contributed by atoms with Gasteiger partial charge in [-0.15, -0.1) is 0 Å². The third-order valence-corrected chi connectivity index (χ3v) is 3.10. The SMILES string of the molecule is CCOC(=O)C(C=Nc1ccncc1F)=C(O)c1cc(F)c(F)cc1F. The van der Waals surface area contributed by atoms with E-state index in [2.05, 4.69) is 9.98 Å². The van der Waals surface area contributed by atoms with Crippen molar-refractivity contribution in [2.75, 3.05) is 6.61 Å². The van der Waals surface area contributed by atoms with Gasteiger partial charge >= 0.3 is 5.97 Å². The predicted octanol–water partition coefficient (Wildman–Crippen LogP) is 3.87. The van der Waals surface area contributed by atoms with Gasteiger partial charge in [-0.3, -0.25) is 9.98 Å². The first-order valence-corrected chi connectivity index (χ1v) is 7.24. The second-order valence-electron chi connectivity index (χ2n) is 4.81. The van der Waals surface area contributed by atoms with E-state index < -0.39 is 46.1 Å². The van der Waals surface area contributed by atoms with Crippen LogP contribution in [0.2, 0.25) is 0 Å². The number of esters is 1. The van der Waals surface area contributed by atoms with Gasteiger partial charge in [-0.25, -0.2) is 22.4 Å². The number of benzene rings is 1. The van der Waals surface area contributed by atoms with Crippen LogP contribution in [0.5, 0.6) is 0 Å². The lowest BCUT2D eigenvalue weighted by Crippen LogP contribution is -2.12.